The number of nitrogens with one attached hydrogen (secondary N) is 2. The number of rotatable bonds is 4. The number of carbonyl (C=O) groups is 1. The first kappa shape index (κ1) is 14.7. The van der Waals surface area contributed by atoms with Crippen LogP contribution in [-0.4, -0.2) is 22.4 Å². The van der Waals surface area contributed by atoms with Gasteiger partial charge in [0.25, 0.3) is 5.91 Å². The van der Waals surface area contributed by atoms with Gasteiger partial charge in [0.1, 0.15) is 0 Å². The van der Waals surface area contributed by atoms with Gasteiger partial charge in [-0.25, -0.2) is 0 Å². The lowest BCUT2D eigenvalue weighted by Crippen LogP contribution is -2.23. The molecule has 2 aromatic carbocycles. The predicted molar refractivity (Wildman–Crippen MR) is 90.2 cm³/mol. The fourth-order valence-corrected chi connectivity index (χ4v) is 2.72. The summed E-state index contributed by atoms with van der Waals surface area (Å²) < 4.78 is 0. The quantitative estimate of drug-likeness (QED) is 0.725. The number of carbonyl (C=O) groups excluding carboxylic acids is 1. The van der Waals surface area contributed by atoms with Gasteiger partial charge in [-0.2, -0.15) is 5.10 Å². The van der Waals surface area contributed by atoms with Crippen molar-refractivity contribution in [3.8, 4) is 0 Å². The van der Waals surface area contributed by atoms with Crippen molar-refractivity contribution in [3.63, 3.8) is 0 Å². The van der Waals surface area contributed by atoms with Crippen LogP contribution >= 0.6 is 11.8 Å². The maximum Gasteiger partial charge on any atom is 0.272 e. The van der Waals surface area contributed by atoms with E-state index in [4.69, 9.17) is 0 Å². The first-order valence-corrected chi connectivity index (χ1v) is 8.25. The number of hydrogen-bond donors (Lipinski definition) is 2. The molecule has 2 N–H and O–H groups in total. The second-order valence-electron chi connectivity index (χ2n) is 5.15. The van der Waals surface area contributed by atoms with Gasteiger partial charge in [-0.1, -0.05) is 23.8 Å². The molecule has 3 rings (SSSR count). The average molecular weight is 311 g/mol. The van der Waals surface area contributed by atoms with Gasteiger partial charge < -0.3 is 5.32 Å². The van der Waals surface area contributed by atoms with Crippen LogP contribution in [-0.2, 0) is 6.54 Å². The Morgan fingerprint density at radius 1 is 1.23 bits per heavy atom. The number of aryl methyl sites for hydroxylation is 1. The Bertz CT molecular complexity index is 808. The number of amides is 1. The van der Waals surface area contributed by atoms with Crippen LogP contribution in [0.25, 0.3) is 10.9 Å². The maximum atomic E-state index is 12.3. The molecule has 0 aliphatic carbocycles. The van der Waals surface area contributed by atoms with E-state index in [0.29, 0.717) is 12.2 Å². The molecule has 0 saturated carbocycles. The third-order valence-electron chi connectivity index (χ3n) is 3.55. The van der Waals surface area contributed by atoms with Gasteiger partial charge in [0.2, 0.25) is 0 Å². The zero-order chi connectivity index (χ0) is 15.5. The van der Waals surface area contributed by atoms with Crippen molar-refractivity contribution in [2.75, 3.05) is 6.26 Å². The molecule has 0 spiro atoms. The van der Waals surface area contributed by atoms with Crippen molar-refractivity contribution in [1.29, 1.82) is 0 Å². The summed E-state index contributed by atoms with van der Waals surface area (Å²) in [5, 5.41) is 10.8. The fraction of sp³-hybridized carbons (Fsp3) is 0.176. The summed E-state index contributed by atoms with van der Waals surface area (Å²) in [5.74, 6) is -0.161. The van der Waals surface area contributed by atoms with E-state index in [-0.39, 0.29) is 5.91 Å². The van der Waals surface area contributed by atoms with Crippen molar-refractivity contribution < 1.29 is 4.79 Å². The molecule has 0 unspecified atom stereocenters. The van der Waals surface area contributed by atoms with Gasteiger partial charge in [0.15, 0.2) is 5.69 Å². The summed E-state index contributed by atoms with van der Waals surface area (Å²) in [6.07, 6.45) is 2.04. The van der Waals surface area contributed by atoms with Gasteiger partial charge in [0.05, 0.1) is 5.52 Å². The Labute approximate surface area is 133 Å². The molecule has 5 heteroatoms. The number of benzene rings is 2. The zero-order valence-corrected chi connectivity index (χ0v) is 13.3. The second kappa shape index (κ2) is 6.23. The highest BCUT2D eigenvalue weighted by Crippen LogP contribution is 2.18. The first-order chi connectivity index (χ1) is 10.7. The molecule has 1 heterocycles. The summed E-state index contributed by atoms with van der Waals surface area (Å²) in [4.78, 5) is 13.5. The Morgan fingerprint density at radius 3 is 2.73 bits per heavy atom. The lowest BCUT2D eigenvalue weighted by molar-refractivity contribution is 0.0947. The molecule has 0 aliphatic rings. The van der Waals surface area contributed by atoms with Crippen molar-refractivity contribution in [2.45, 2.75) is 18.4 Å². The number of aromatic amines is 1. The molecular formula is C17H17N3OS. The topological polar surface area (TPSA) is 57.8 Å². The molecule has 0 fully saturated rings. The van der Waals surface area contributed by atoms with E-state index in [1.165, 1.54) is 4.90 Å². The molecule has 0 atom stereocenters. The summed E-state index contributed by atoms with van der Waals surface area (Å²) in [6, 6.07) is 14.1. The van der Waals surface area contributed by atoms with E-state index in [2.05, 4.69) is 27.6 Å². The third kappa shape index (κ3) is 2.99. The van der Waals surface area contributed by atoms with E-state index in [0.717, 1.165) is 22.0 Å². The molecule has 22 heavy (non-hydrogen) atoms. The maximum absolute atomic E-state index is 12.3. The lowest BCUT2D eigenvalue weighted by Gasteiger charge is -2.05. The molecule has 1 aromatic heterocycles. The Balaban J connectivity index is 1.74. The minimum Gasteiger partial charge on any atom is -0.347 e. The summed E-state index contributed by atoms with van der Waals surface area (Å²) in [7, 11) is 0. The van der Waals surface area contributed by atoms with Gasteiger partial charge in [-0.05, 0) is 43.0 Å². The van der Waals surface area contributed by atoms with E-state index < -0.39 is 0 Å². The highest BCUT2D eigenvalue weighted by atomic mass is 32.2. The normalized spacial score (nSPS) is 10.8. The summed E-state index contributed by atoms with van der Waals surface area (Å²) in [5.41, 5.74) is 3.50. The number of aromatic nitrogens is 2. The SMILES string of the molecule is CSc1ccc(CNC(=O)c2n[nH]c3ccc(C)cc23)cc1. The summed E-state index contributed by atoms with van der Waals surface area (Å²) in [6.45, 7) is 2.50. The van der Waals surface area contributed by atoms with Gasteiger partial charge in [-0.3, -0.25) is 9.89 Å². The highest BCUT2D eigenvalue weighted by molar-refractivity contribution is 7.98. The second-order valence-corrected chi connectivity index (χ2v) is 6.03. The van der Waals surface area contributed by atoms with Crippen LogP contribution < -0.4 is 5.32 Å². The monoisotopic (exact) mass is 311 g/mol. The Kier molecular flexibility index (Phi) is 4.15. The molecule has 3 aromatic rings. The van der Waals surface area contributed by atoms with Crippen molar-refractivity contribution in [1.82, 2.24) is 15.5 Å². The zero-order valence-electron chi connectivity index (χ0n) is 12.5. The highest BCUT2D eigenvalue weighted by Gasteiger charge is 2.13. The molecule has 112 valence electrons. The van der Waals surface area contributed by atoms with Crippen LogP contribution in [0.2, 0.25) is 0 Å². The summed E-state index contributed by atoms with van der Waals surface area (Å²) >= 11 is 1.70. The van der Waals surface area contributed by atoms with Crippen molar-refractivity contribution in [3.05, 3.63) is 59.3 Å². The van der Waals surface area contributed by atoms with Crippen LogP contribution in [0, 0.1) is 6.92 Å². The number of H-pyrrole nitrogens is 1. The van der Waals surface area contributed by atoms with Crippen LogP contribution in [0.1, 0.15) is 21.6 Å². The van der Waals surface area contributed by atoms with Crippen LogP contribution in [0.15, 0.2) is 47.4 Å². The van der Waals surface area contributed by atoms with E-state index >= 15 is 0 Å². The lowest BCUT2D eigenvalue weighted by atomic mass is 10.1. The van der Waals surface area contributed by atoms with Crippen molar-refractivity contribution >= 4 is 28.6 Å². The van der Waals surface area contributed by atoms with Gasteiger partial charge in [-0.15, -0.1) is 11.8 Å². The Hall–Kier alpha value is -2.27. The predicted octanol–water partition coefficient (Wildman–Crippen LogP) is 3.52. The van der Waals surface area contributed by atoms with Gasteiger partial charge in [0, 0.05) is 16.8 Å². The standard InChI is InChI=1S/C17H17N3OS/c1-11-3-8-15-14(9-11)16(20-19-15)17(21)18-10-12-4-6-13(22-2)7-5-12/h3-9H,10H2,1-2H3,(H,18,21)(H,19,20). The van der Waals surface area contributed by atoms with Gasteiger partial charge >= 0.3 is 0 Å². The van der Waals surface area contributed by atoms with E-state index in [9.17, 15) is 4.79 Å². The van der Waals surface area contributed by atoms with E-state index in [1.807, 2.05) is 43.5 Å². The molecular weight excluding hydrogens is 294 g/mol. The number of nitrogens with zero attached hydrogens (tertiary/aromatic N) is 1. The van der Waals surface area contributed by atoms with Crippen LogP contribution in [0.5, 0.6) is 0 Å². The van der Waals surface area contributed by atoms with Crippen molar-refractivity contribution in [2.24, 2.45) is 0 Å². The number of hydrogen-bond acceptors (Lipinski definition) is 3. The molecule has 0 aliphatic heterocycles. The molecule has 0 radical (unpaired) electrons. The van der Waals surface area contributed by atoms with Crippen LogP contribution in [0.4, 0.5) is 0 Å². The third-order valence-corrected chi connectivity index (χ3v) is 4.29. The number of fused-ring (bicyclic) bond motifs is 1. The largest absolute Gasteiger partial charge is 0.347 e. The first-order valence-electron chi connectivity index (χ1n) is 7.03. The molecule has 4 nitrogen and oxygen atoms in total. The molecule has 0 saturated heterocycles. The Morgan fingerprint density at radius 2 is 2.00 bits per heavy atom. The smallest absolute Gasteiger partial charge is 0.272 e. The van der Waals surface area contributed by atoms with E-state index in [1.54, 1.807) is 11.8 Å². The molecule has 1 amide bonds. The fourth-order valence-electron chi connectivity index (χ4n) is 2.31. The minimum absolute atomic E-state index is 0.161. The van der Waals surface area contributed by atoms with Crippen LogP contribution in [0.3, 0.4) is 0 Å². The minimum atomic E-state index is -0.161. The number of thioether (sulfide) groups is 1. The molecule has 0 bridgehead atoms. The average Bonchev–Trinajstić information content (AvgIpc) is 2.96.